The van der Waals surface area contributed by atoms with Gasteiger partial charge in [-0.05, 0) is 36.7 Å². The summed E-state index contributed by atoms with van der Waals surface area (Å²) in [5.74, 6) is 0. The second-order valence-corrected chi connectivity index (χ2v) is 4.78. The number of nitrogens with zero attached hydrogens (tertiary/aromatic N) is 2. The Morgan fingerprint density at radius 1 is 1.29 bits per heavy atom. The van der Waals surface area contributed by atoms with Crippen molar-refractivity contribution >= 4 is 15.9 Å². The first kappa shape index (κ1) is 11.6. The van der Waals surface area contributed by atoms with E-state index in [0.717, 1.165) is 10.9 Å². The van der Waals surface area contributed by atoms with E-state index in [1.807, 2.05) is 0 Å². The molecule has 0 aliphatic carbocycles. The van der Waals surface area contributed by atoms with Gasteiger partial charge in [0.15, 0.2) is 5.69 Å². The largest absolute Gasteiger partial charge is 0.434 e. The number of rotatable bonds is 0. The van der Waals surface area contributed by atoms with Crippen molar-refractivity contribution in [2.45, 2.75) is 32.5 Å². The van der Waals surface area contributed by atoms with Crippen molar-refractivity contribution in [2.24, 2.45) is 0 Å². The molecule has 2 nitrogen and oxygen atoms in total. The van der Waals surface area contributed by atoms with Gasteiger partial charge in [0.25, 0.3) is 0 Å². The molecule has 0 saturated heterocycles. The Kier molecular flexibility index (Phi) is 2.69. The standard InChI is InChI=1S/C8H10BrF3N2/c1-7(2,3)14-6(8(10,11)12)5(9)4-13-14/h4H,1-3H3. The molecule has 14 heavy (non-hydrogen) atoms. The van der Waals surface area contributed by atoms with Gasteiger partial charge in [-0.3, -0.25) is 4.68 Å². The molecule has 0 fully saturated rings. The molecule has 0 atom stereocenters. The van der Waals surface area contributed by atoms with Crippen molar-refractivity contribution in [3.63, 3.8) is 0 Å². The maximum Gasteiger partial charge on any atom is 0.434 e. The minimum atomic E-state index is -4.39. The van der Waals surface area contributed by atoms with Gasteiger partial charge in [0, 0.05) is 0 Å². The monoisotopic (exact) mass is 270 g/mol. The summed E-state index contributed by atoms with van der Waals surface area (Å²) in [4.78, 5) is 0. The molecule has 1 rings (SSSR count). The third kappa shape index (κ3) is 2.10. The number of hydrogen-bond acceptors (Lipinski definition) is 1. The third-order valence-electron chi connectivity index (χ3n) is 1.63. The zero-order valence-electron chi connectivity index (χ0n) is 7.98. The quantitative estimate of drug-likeness (QED) is 0.707. The van der Waals surface area contributed by atoms with E-state index < -0.39 is 17.4 Å². The van der Waals surface area contributed by atoms with Crippen LogP contribution in [-0.4, -0.2) is 9.78 Å². The lowest BCUT2D eigenvalue weighted by molar-refractivity contribution is -0.146. The van der Waals surface area contributed by atoms with Crippen LogP contribution >= 0.6 is 15.9 Å². The predicted octanol–water partition coefficient (Wildman–Crippen LogP) is 3.42. The molecular formula is C8H10BrF3N2. The van der Waals surface area contributed by atoms with Crippen LogP contribution in [-0.2, 0) is 11.7 Å². The van der Waals surface area contributed by atoms with E-state index in [9.17, 15) is 13.2 Å². The van der Waals surface area contributed by atoms with Gasteiger partial charge in [0.2, 0.25) is 0 Å². The van der Waals surface area contributed by atoms with Crippen molar-refractivity contribution in [3.05, 3.63) is 16.4 Å². The molecule has 0 aliphatic rings. The van der Waals surface area contributed by atoms with Gasteiger partial charge < -0.3 is 0 Å². The molecule has 0 amide bonds. The first-order valence-corrected chi connectivity index (χ1v) is 4.74. The summed E-state index contributed by atoms with van der Waals surface area (Å²) in [7, 11) is 0. The summed E-state index contributed by atoms with van der Waals surface area (Å²) in [5, 5.41) is 3.70. The lowest BCUT2D eigenvalue weighted by Crippen LogP contribution is -2.28. The highest BCUT2D eigenvalue weighted by Gasteiger charge is 2.40. The van der Waals surface area contributed by atoms with Crippen LogP contribution in [0.1, 0.15) is 26.5 Å². The van der Waals surface area contributed by atoms with Crippen molar-refractivity contribution in [1.29, 1.82) is 0 Å². The van der Waals surface area contributed by atoms with Crippen molar-refractivity contribution in [1.82, 2.24) is 9.78 Å². The van der Waals surface area contributed by atoms with E-state index in [2.05, 4.69) is 21.0 Å². The molecule has 0 unspecified atom stereocenters. The van der Waals surface area contributed by atoms with Gasteiger partial charge in [0.1, 0.15) is 0 Å². The van der Waals surface area contributed by atoms with Crippen LogP contribution < -0.4 is 0 Å². The number of halogens is 4. The van der Waals surface area contributed by atoms with Crippen molar-refractivity contribution < 1.29 is 13.2 Å². The summed E-state index contributed by atoms with van der Waals surface area (Å²) < 4.78 is 38.7. The van der Waals surface area contributed by atoms with Crippen LogP contribution in [0.15, 0.2) is 10.7 Å². The topological polar surface area (TPSA) is 17.8 Å². The first-order chi connectivity index (χ1) is 6.14. The highest BCUT2D eigenvalue weighted by molar-refractivity contribution is 9.10. The Labute approximate surface area is 88.2 Å². The van der Waals surface area contributed by atoms with Crippen LogP contribution in [0, 0.1) is 0 Å². The van der Waals surface area contributed by atoms with Gasteiger partial charge in [-0.1, -0.05) is 0 Å². The minimum absolute atomic E-state index is 0.0278. The molecule has 0 aliphatic heterocycles. The van der Waals surface area contributed by atoms with Gasteiger partial charge in [-0.2, -0.15) is 18.3 Å². The lowest BCUT2D eigenvalue weighted by atomic mass is 10.1. The van der Waals surface area contributed by atoms with Crippen LogP contribution in [0.3, 0.4) is 0 Å². The highest BCUT2D eigenvalue weighted by atomic mass is 79.9. The summed E-state index contributed by atoms with van der Waals surface area (Å²) >= 11 is 2.84. The fourth-order valence-electron chi connectivity index (χ4n) is 1.09. The van der Waals surface area contributed by atoms with Crippen LogP contribution in [0.5, 0.6) is 0 Å². The van der Waals surface area contributed by atoms with Crippen molar-refractivity contribution in [3.8, 4) is 0 Å². The van der Waals surface area contributed by atoms with Gasteiger partial charge in [0.05, 0.1) is 16.2 Å². The Hall–Kier alpha value is -0.520. The molecule has 6 heteroatoms. The van der Waals surface area contributed by atoms with Gasteiger partial charge in [-0.25, -0.2) is 0 Å². The lowest BCUT2D eigenvalue weighted by Gasteiger charge is -2.23. The number of hydrogen-bond donors (Lipinski definition) is 0. The van der Waals surface area contributed by atoms with Crippen LogP contribution in [0.2, 0.25) is 0 Å². The molecule has 1 aromatic rings. The van der Waals surface area contributed by atoms with E-state index in [4.69, 9.17) is 0 Å². The Balaban J connectivity index is 3.35. The van der Waals surface area contributed by atoms with Gasteiger partial charge >= 0.3 is 6.18 Å². The summed E-state index contributed by atoms with van der Waals surface area (Å²) in [6.45, 7) is 5.01. The first-order valence-electron chi connectivity index (χ1n) is 3.95. The summed E-state index contributed by atoms with van der Waals surface area (Å²) in [6.07, 6.45) is -3.23. The maximum atomic E-state index is 12.6. The fourth-order valence-corrected chi connectivity index (χ4v) is 1.58. The highest BCUT2D eigenvalue weighted by Crippen LogP contribution is 2.36. The number of alkyl halides is 3. The zero-order chi connectivity index (χ0) is 11.1. The minimum Gasteiger partial charge on any atom is -0.254 e. The van der Waals surface area contributed by atoms with E-state index in [1.165, 1.54) is 0 Å². The molecule has 0 radical (unpaired) electrons. The molecule has 0 spiro atoms. The number of aromatic nitrogens is 2. The third-order valence-corrected chi connectivity index (χ3v) is 2.21. The normalized spacial score (nSPS) is 13.4. The molecule has 80 valence electrons. The van der Waals surface area contributed by atoms with Crippen molar-refractivity contribution in [2.75, 3.05) is 0 Å². The molecule has 1 heterocycles. The van der Waals surface area contributed by atoms with Crippen LogP contribution in [0.25, 0.3) is 0 Å². The maximum absolute atomic E-state index is 12.6. The van der Waals surface area contributed by atoms with E-state index >= 15 is 0 Å². The predicted molar refractivity (Wildman–Crippen MR) is 49.9 cm³/mol. The van der Waals surface area contributed by atoms with E-state index in [-0.39, 0.29) is 4.47 Å². The Bertz CT molecular complexity index is 335. The molecule has 0 aromatic carbocycles. The van der Waals surface area contributed by atoms with Crippen LogP contribution in [0.4, 0.5) is 13.2 Å². The molecule has 0 saturated carbocycles. The molecule has 0 bridgehead atoms. The summed E-state index contributed by atoms with van der Waals surface area (Å²) in [6, 6.07) is 0. The van der Waals surface area contributed by atoms with E-state index in [1.54, 1.807) is 20.8 Å². The molecule has 0 N–H and O–H groups in total. The Morgan fingerprint density at radius 2 is 1.79 bits per heavy atom. The fraction of sp³-hybridized carbons (Fsp3) is 0.625. The molecule has 1 aromatic heterocycles. The second kappa shape index (κ2) is 3.25. The Morgan fingerprint density at radius 3 is 2.07 bits per heavy atom. The van der Waals surface area contributed by atoms with E-state index in [0.29, 0.717) is 0 Å². The second-order valence-electron chi connectivity index (χ2n) is 3.92. The average Bonchev–Trinajstić information content (AvgIpc) is 2.27. The van der Waals surface area contributed by atoms with Gasteiger partial charge in [-0.15, -0.1) is 0 Å². The zero-order valence-corrected chi connectivity index (χ0v) is 9.57. The smallest absolute Gasteiger partial charge is 0.254 e. The summed E-state index contributed by atoms with van der Waals surface area (Å²) in [5.41, 5.74) is -1.43. The molecular weight excluding hydrogens is 261 g/mol. The average molecular weight is 271 g/mol. The SMILES string of the molecule is CC(C)(C)n1ncc(Br)c1C(F)(F)F.